The molecule has 1 aliphatic heterocycles. The zero-order chi connectivity index (χ0) is 21.6. The van der Waals surface area contributed by atoms with Crippen molar-refractivity contribution in [1.29, 1.82) is 0 Å². The summed E-state index contributed by atoms with van der Waals surface area (Å²) in [5, 5.41) is 2.69. The fourth-order valence-corrected chi connectivity index (χ4v) is 5.39. The van der Waals surface area contributed by atoms with Crippen LogP contribution in [0.5, 0.6) is 0 Å². The highest BCUT2D eigenvalue weighted by Crippen LogP contribution is 2.15. The molecular weight excluding hydrogens is 425 g/mol. The molecule has 1 atom stereocenters. The third kappa shape index (κ3) is 6.28. The van der Waals surface area contributed by atoms with Crippen LogP contribution in [0.3, 0.4) is 0 Å². The van der Waals surface area contributed by atoms with Gasteiger partial charge in [-0.1, -0.05) is 24.3 Å². The number of hydrogen-bond donors (Lipinski definition) is 2. The molecule has 0 saturated carbocycles. The summed E-state index contributed by atoms with van der Waals surface area (Å²) in [5.74, 6) is 0.984. The van der Waals surface area contributed by atoms with Crippen molar-refractivity contribution >= 4 is 33.4 Å². The molecule has 30 heavy (non-hydrogen) atoms. The first-order chi connectivity index (χ1) is 14.3. The van der Waals surface area contributed by atoms with E-state index < -0.39 is 32.7 Å². The van der Waals surface area contributed by atoms with E-state index in [0.29, 0.717) is 5.69 Å². The number of thioether (sulfide) groups is 1. The molecule has 2 aromatic carbocycles. The van der Waals surface area contributed by atoms with Gasteiger partial charge >= 0.3 is 0 Å². The standard InChI is InChI=1S/C21H26FN3O3S2/c1-16(24-30(27,28)20-5-3-2-4-19(20)22)21(26)23-18-8-6-17(7-9-18)10-11-25-12-14-29-15-13-25/h2-9,16,24H,10-15H2,1H3,(H,23,26)/t16-/m0/s1. The first kappa shape index (κ1) is 22.7. The fraction of sp³-hybridized carbons (Fsp3) is 0.381. The molecule has 2 N–H and O–H groups in total. The lowest BCUT2D eigenvalue weighted by molar-refractivity contribution is -0.117. The molecule has 1 aliphatic rings. The molecule has 0 bridgehead atoms. The highest BCUT2D eigenvalue weighted by Gasteiger charge is 2.24. The minimum atomic E-state index is -4.14. The lowest BCUT2D eigenvalue weighted by Crippen LogP contribution is -2.41. The Morgan fingerprint density at radius 1 is 1.13 bits per heavy atom. The minimum absolute atomic E-state index is 0.485. The van der Waals surface area contributed by atoms with Crippen LogP contribution in [-0.4, -0.2) is 56.4 Å². The molecule has 1 amide bonds. The summed E-state index contributed by atoms with van der Waals surface area (Å²) in [5.41, 5.74) is 1.76. The van der Waals surface area contributed by atoms with Gasteiger partial charge in [-0.3, -0.25) is 4.79 Å². The normalized spacial score (nSPS) is 16.2. The van der Waals surface area contributed by atoms with E-state index in [4.69, 9.17) is 0 Å². The second kappa shape index (κ2) is 10.4. The third-order valence-corrected chi connectivity index (χ3v) is 7.41. The van der Waals surface area contributed by atoms with E-state index in [1.165, 1.54) is 36.1 Å². The molecule has 1 heterocycles. The maximum Gasteiger partial charge on any atom is 0.244 e. The summed E-state index contributed by atoms with van der Waals surface area (Å²) in [7, 11) is -4.14. The van der Waals surface area contributed by atoms with E-state index in [2.05, 4.69) is 14.9 Å². The predicted octanol–water partition coefficient (Wildman–Crippen LogP) is 2.72. The highest BCUT2D eigenvalue weighted by molar-refractivity contribution is 7.99. The van der Waals surface area contributed by atoms with Crippen molar-refractivity contribution in [2.45, 2.75) is 24.3 Å². The molecule has 0 aromatic heterocycles. The van der Waals surface area contributed by atoms with Crippen molar-refractivity contribution in [3.63, 3.8) is 0 Å². The smallest absolute Gasteiger partial charge is 0.244 e. The van der Waals surface area contributed by atoms with Gasteiger partial charge in [-0.25, -0.2) is 12.8 Å². The van der Waals surface area contributed by atoms with Gasteiger partial charge in [0.1, 0.15) is 10.7 Å². The zero-order valence-electron chi connectivity index (χ0n) is 16.8. The second-order valence-electron chi connectivity index (χ2n) is 7.16. The van der Waals surface area contributed by atoms with Gasteiger partial charge in [0.05, 0.1) is 6.04 Å². The molecule has 9 heteroatoms. The van der Waals surface area contributed by atoms with E-state index in [1.54, 1.807) is 12.1 Å². The van der Waals surface area contributed by atoms with Crippen molar-refractivity contribution < 1.29 is 17.6 Å². The van der Waals surface area contributed by atoms with Gasteiger partial charge < -0.3 is 10.2 Å². The molecule has 2 aromatic rings. The van der Waals surface area contributed by atoms with Crippen molar-refractivity contribution in [1.82, 2.24) is 9.62 Å². The van der Waals surface area contributed by atoms with Crippen molar-refractivity contribution in [3.8, 4) is 0 Å². The van der Waals surface area contributed by atoms with Gasteiger partial charge in [-0.15, -0.1) is 0 Å². The van der Waals surface area contributed by atoms with Crippen molar-refractivity contribution in [2.75, 3.05) is 36.5 Å². The first-order valence-corrected chi connectivity index (χ1v) is 12.5. The van der Waals surface area contributed by atoms with Crippen molar-refractivity contribution in [3.05, 3.63) is 59.9 Å². The Hall–Kier alpha value is -1.94. The Morgan fingerprint density at radius 2 is 1.80 bits per heavy atom. The topological polar surface area (TPSA) is 78.5 Å². The maximum absolute atomic E-state index is 13.8. The van der Waals surface area contributed by atoms with Crippen LogP contribution in [-0.2, 0) is 21.2 Å². The number of rotatable bonds is 8. The van der Waals surface area contributed by atoms with Crippen LogP contribution >= 0.6 is 11.8 Å². The van der Waals surface area contributed by atoms with E-state index in [-0.39, 0.29) is 0 Å². The summed E-state index contributed by atoms with van der Waals surface area (Å²) < 4.78 is 40.7. The number of halogens is 1. The van der Waals surface area contributed by atoms with Gasteiger partial charge in [-0.2, -0.15) is 16.5 Å². The molecule has 0 aliphatic carbocycles. The molecule has 162 valence electrons. The molecule has 1 saturated heterocycles. The van der Waals surface area contributed by atoms with E-state index in [1.807, 2.05) is 23.9 Å². The van der Waals surface area contributed by atoms with E-state index >= 15 is 0 Å². The monoisotopic (exact) mass is 451 g/mol. The van der Waals surface area contributed by atoms with Gasteiger partial charge in [0.15, 0.2) is 0 Å². The Kier molecular flexibility index (Phi) is 7.87. The van der Waals surface area contributed by atoms with Crippen LogP contribution in [0.4, 0.5) is 10.1 Å². The summed E-state index contributed by atoms with van der Waals surface area (Å²) in [6.07, 6.45) is 0.942. The summed E-state index contributed by atoms with van der Waals surface area (Å²) in [6.45, 7) is 4.68. The number of carbonyl (C=O) groups excluding carboxylic acids is 1. The number of amides is 1. The SMILES string of the molecule is C[C@H](NS(=O)(=O)c1ccccc1F)C(=O)Nc1ccc(CCN2CCSCC2)cc1. The van der Waals surface area contributed by atoms with Crippen LogP contribution in [0.2, 0.25) is 0 Å². The van der Waals surface area contributed by atoms with E-state index in [9.17, 15) is 17.6 Å². The summed E-state index contributed by atoms with van der Waals surface area (Å²) in [6, 6.07) is 11.5. The Morgan fingerprint density at radius 3 is 2.47 bits per heavy atom. The third-order valence-electron chi connectivity index (χ3n) is 4.89. The average molecular weight is 452 g/mol. The number of nitrogens with one attached hydrogen (secondary N) is 2. The molecule has 3 rings (SSSR count). The number of hydrogen-bond acceptors (Lipinski definition) is 5. The number of anilines is 1. The van der Waals surface area contributed by atoms with Gasteiger partial charge in [0.25, 0.3) is 0 Å². The lowest BCUT2D eigenvalue weighted by Gasteiger charge is -2.26. The minimum Gasteiger partial charge on any atom is -0.325 e. The van der Waals surface area contributed by atoms with Gasteiger partial charge in [0.2, 0.25) is 15.9 Å². The van der Waals surface area contributed by atoms with Crippen LogP contribution in [0, 0.1) is 5.82 Å². The van der Waals surface area contributed by atoms with Crippen LogP contribution < -0.4 is 10.0 Å². The zero-order valence-corrected chi connectivity index (χ0v) is 18.4. The molecular formula is C21H26FN3O3S2. The molecule has 0 unspecified atom stereocenters. The summed E-state index contributed by atoms with van der Waals surface area (Å²) in [4.78, 5) is 14.4. The predicted molar refractivity (Wildman–Crippen MR) is 119 cm³/mol. The molecule has 1 fully saturated rings. The number of benzene rings is 2. The molecule has 6 nitrogen and oxygen atoms in total. The Balaban J connectivity index is 1.53. The maximum atomic E-state index is 13.8. The van der Waals surface area contributed by atoms with Crippen molar-refractivity contribution in [2.24, 2.45) is 0 Å². The Bertz CT molecular complexity index is 962. The van der Waals surface area contributed by atoms with Gasteiger partial charge in [0, 0.05) is 36.8 Å². The number of sulfonamides is 1. The van der Waals surface area contributed by atoms with Gasteiger partial charge in [-0.05, 0) is 43.2 Å². The number of nitrogens with zero attached hydrogens (tertiary/aromatic N) is 1. The average Bonchev–Trinajstić information content (AvgIpc) is 2.74. The largest absolute Gasteiger partial charge is 0.325 e. The van der Waals surface area contributed by atoms with Crippen LogP contribution in [0.1, 0.15) is 12.5 Å². The number of carbonyl (C=O) groups is 1. The second-order valence-corrected chi connectivity index (χ2v) is 10.1. The highest BCUT2D eigenvalue weighted by atomic mass is 32.2. The quantitative estimate of drug-likeness (QED) is 0.645. The van der Waals surface area contributed by atoms with Crippen LogP contribution in [0.15, 0.2) is 53.4 Å². The molecule has 0 radical (unpaired) electrons. The molecule has 0 spiro atoms. The van der Waals surface area contributed by atoms with E-state index in [0.717, 1.165) is 38.2 Å². The first-order valence-electron chi connectivity index (χ1n) is 9.82. The Labute approximate surface area is 181 Å². The van der Waals surface area contributed by atoms with Crippen LogP contribution in [0.25, 0.3) is 0 Å². The lowest BCUT2D eigenvalue weighted by atomic mass is 10.1. The summed E-state index contributed by atoms with van der Waals surface area (Å²) >= 11 is 1.99. The fourth-order valence-electron chi connectivity index (χ4n) is 3.13.